The predicted molar refractivity (Wildman–Crippen MR) is 89.2 cm³/mol. The minimum atomic E-state index is -0.568. The molecule has 0 aromatic heterocycles. The molecule has 3 N–H and O–H groups in total. The molecule has 0 saturated heterocycles. The Labute approximate surface area is 141 Å². The second-order valence-corrected chi connectivity index (χ2v) is 5.75. The minimum Gasteiger partial charge on any atom is -0.490 e. The molecule has 1 aliphatic carbocycles. The van der Waals surface area contributed by atoms with E-state index in [0.29, 0.717) is 6.54 Å². The third-order valence-corrected chi connectivity index (χ3v) is 4.09. The van der Waals surface area contributed by atoms with Crippen molar-refractivity contribution in [1.82, 2.24) is 5.32 Å². The van der Waals surface area contributed by atoms with Crippen molar-refractivity contribution in [3.05, 3.63) is 33.9 Å². The quantitative estimate of drug-likeness (QED) is 0.630. The number of halogens is 1. The number of rotatable bonds is 5. The molecule has 0 aliphatic heterocycles. The molecule has 1 fully saturated rings. The number of carbonyl (C=O) groups is 1. The summed E-state index contributed by atoms with van der Waals surface area (Å²) in [6, 6.07) is 4.15. The van der Waals surface area contributed by atoms with Crippen molar-refractivity contribution in [2.45, 2.75) is 37.6 Å². The Kier molecular flexibility index (Phi) is 6.78. The monoisotopic (exact) mass is 343 g/mol. The molecular weight excluding hydrogens is 322 g/mol. The molecule has 0 heterocycles. The highest BCUT2D eigenvalue weighted by Crippen LogP contribution is 2.28. The van der Waals surface area contributed by atoms with E-state index in [4.69, 9.17) is 10.5 Å². The van der Waals surface area contributed by atoms with E-state index in [1.54, 1.807) is 0 Å². The average molecular weight is 344 g/mol. The van der Waals surface area contributed by atoms with Crippen LogP contribution in [0.3, 0.4) is 0 Å². The first-order chi connectivity index (χ1) is 10.4. The summed E-state index contributed by atoms with van der Waals surface area (Å²) >= 11 is 0. The standard InChI is InChI=1S/C15H21N3O4.ClH/c1-22-13-6-5-11(9-12(13)18(20)21)14(19)17-10-15(16)7-3-2-4-8-15;/h5-6,9H,2-4,7-8,10,16H2,1H3,(H,17,19);1H. The average Bonchev–Trinajstić information content (AvgIpc) is 2.52. The van der Waals surface area contributed by atoms with Crippen molar-refractivity contribution in [3.63, 3.8) is 0 Å². The molecular formula is C15H22ClN3O4. The van der Waals surface area contributed by atoms with Gasteiger partial charge in [0, 0.05) is 23.7 Å². The highest BCUT2D eigenvalue weighted by Gasteiger charge is 2.28. The summed E-state index contributed by atoms with van der Waals surface area (Å²) in [6.07, 6.45) is 5.09. The van der Waals surface area contributed by atoms with Gasteiger partial charge in [-0.3, -0.25) is 14.9 Å². The SMILES string of the molecule is COc1ccc(C(=O)NCC2(N)CCCCC2)cc1[N+](=O)[O-].Cl. The van der Waals surface area contributed by atoms with E-state index in [9.17, 15) is 14.9 Å². The summed E-state index contributed by atoms with van der Waals surface area (Å²) in [4.78, 5) is 22.6. The number of nitro groups is 1. The Morgan fingerprint density at radius 3 is 2.61 bits per heavy atom. The van der Waals surface area contributed by atoms with E-state index in [1.807, 2.05) is 0 Å². The Hall–Kier alpha value is -1.86. The number of nitrogens with one attached hydrogen (secondary N) is 1. The number of carbonyl (C=O) groups excluding carboxylic acids is 1. The number of nitrogens with two attached hydrogens (primary N) is 1. The third kappa shape index (κ3) is 4.80. The first-order valence-corrected chi connectivity index (χ1v) is 7.35. The number of hydrogen-bond donors (Lipinski definition) is 2. The van der Waals surface area contributed by atoms with Crippen LogP contribution in [0.4, 0.5) is 5.69 Å². The molecule has 1 amide bonds. The van der Waals surface area contributed by atoms with Crippen LogP contribution >= 0.6 is 12.4 Å². The molecule has 0 radical (unpaired) electrons. The topological polar surface area (TPSA) is 107 Å². The van der Waals surface area contributed by atoms with Crippen molar-refractivity contribution < 1.29 is 14.5 Å². The lowest BCUT2D eigenvalue weighted by atomic mass is 9.82. The molecule has 128 valence electrons. The van der Waals surface area contributed by atoms with Crippen LogP contribution in [0.5, 0.6) is 5.75 Å². The third-order valence-electron chi connectivity index (χ3n) is 4.09. The van der Waals surface area contributed by atoms with Gasteiger partial charge in [-0.05, 0) is 25.0 Å². The van der Waals surface area contributed by atoms with Crippen LogP contribution in [0.1, 0.15) is 42.5 Å². The highest BCUT2D eigenvalue weighted by atomic mass is 35.5. The Balaban J connectivity index is 0.00000264. The maximum absolute atomic E-state index is 12.2. The van der Waals surface area contributed by atoms with Gasteiger partial charge >= 0.3 is 5.69 Å². The molecule has 1 saturated carbocycles. The van der Waals surface area contributed by atoms with Crippen LogP contribution in [-0.4, -0.2) is 30.0 Å². The second-order valence-electron chi connectivity index (χ2n) is 5.75. The van der Waals surface area contributed by atoms with Crippen molar-refractivity contribution in [1.29, 1.82) is 0 Å². The highest BCUT2D eigenvalue weighted by molar-refractivity contribution is 5.95. The molecule has 1 aliphatic rings. The van der Waals surface area contributed by atoms with Crippen LogP contribution < -0.4 is 15.8 Å². The van der Waals surface area contributed by atoms with E-state index < -0.39 is 4.92 Å². The normalized spacial score (nSPS) is 16.1. The zero-order valence-corrected chi connectivity index (χ0v) is 13.9. The molecule has 23 heavy (non-hydrogen) atoms. The van der Waals surface area contributed by atoms with Gasteiger partial charge in [-0.2, -0.15) is 0 Å². The van der Waals surface area contributed by atoms with Gasteiger partial charge in [-0.15, -0.1) is 12.4 Å². The predicted octanol–water partition coefficient (Wildman–Crippen LogP) is 2.42. The number of hydrogen-bond acceptors (Lipinski definition) is 5. The summed E-state index contributed by atoms with van der Waals surface area (Å²) in [5.74, 6) is -0.231. The molecule has 1 aromatic carbocycles. The Morgan fingerprint density at radius 1 is 1.39 bits per heavy atom. The van der Waals surface area contributed by atoms with Gasteiger partial charge in [0.25, 0.3) is 5.91 Å². The Bertz CT molecular complexity index is 574. The maximum Gasteiger partial charge on any atom is 0.311 e. The van der Waals surface area contributed by atoms with Crippen molar-refractivity contribution in [2.24, 2.45) is 5.73 Å². The molecule has 0 atom stereocenters. The van der Waals surface area contributed by atoms with Gasteiger partial charge in [0.05, 0.1) is 12.0 Å². The lowest BCUT2D eigenvalue weighted by Crippen LogP contribution is -2.51. The number of ether oxygens (including phenoxy) is 1. The van der Waals surface area contributed by atoms with Gasteiger partial charge < -0.3 is 15.8 Å². The van der Waals surface area contributed by atoms with E-state index in [-0.39, 0.29) is 40.9 Å². The second kappa shape index (κ2) is 8.12. The van der Waals surface area contributed by atoms with Gasteiger partial charge in [0.2, 0.25) is 0 Å². The minimum absolute atomic E-state index is 0. The number of nitrogens with zero attached hydrogens (tertiary/aromatic N) is 1. The Morgan fingerprint density at radius 2 is 2.04 bits per heavy atom. The van der Waals surface area contributed by atoms with E-state index >= 15 is 0 Å². The molecule has 0 spiro atoms. The van der Waals surface area contributed by atoms with Crippen LogP contribution in [0, 0.1) is 10.1 Å². The number of methoxy groups -OCH3 is 1. The fourth-order valence-corrected chi connectivity index (χ4v) is 2.76. The van der Waals surface area contributed by atoms with Crippen LogP contribution in [0.2, 0.25) is 0 Å². The molecule has 2 rings (SSSR count). The van der Waals surface area contributed by atoms with E-state index in [1.165, 1.54) is 31.7 Å². The molecule has 0 bridgehead atoms. The fourth-order valence-electron chi connectivity index (χ4n) is 2.76. The summed E-state index contributed by atoms with van der Waals surface area (Å²) in [7, 11) is 1.35. The molecule has 1 aromatic rings. The van der Waals surface area contributed by atoms with Crippen LogP contribution in [0.25, 0.3) is 0 Å². The van der Waals surface area contributed by atoms with Gasteiger partial charge in [0.15, 0.2) is 5.75 Å². The van der Waals surface area contributed by atoms with Gasteiger partial charge in [-0.25, -0.2) is 0 Å². The lowest BCUT2D eigenvalue weighted by molar-refractivity contribution is -0.385. The number of nitro benzene ring substituents is 1. The fraction of sp³-hybridized carbons (Fsp3) is 0.533. The summed E-state index contributed by atoms with van der Waals surface area (Å²) in [6.45, 7) is 0.381. The number of amides is 1. The zero-order valence-electron chi connectivity index (χ0n) is 13.0. The smallest absolute Gasteiger partial charge is 0.311 e. The number of benzene rings is 1. The van der Waals surface area contributed by atoms with E-state index in [0.717, 1.165) is 25.7 Å². The maximum atomic E-state index is 12.2. The molecule has 7 nitrogen and oxygen atoms in total. The van der Waals surface area contributed by atoms with Gasteiger partial charge in [-0.1, -0.05) is 19.3 Å². The summed E-state index contributed by atoms with van der Waals surface area (Å²) < 4.78 is 4.92. The summed E-state index contributed by atoms with van der Waals surface area (Å²) in [5.41, 5.74) is 5.90. The lowest BCUT2D eigenvalue weighted by Gasteiger charge is -2.33. The first-order valence-electron chi connectivity index (χ1n) is 7.35. The molecule has 0 unspecified atom stereocenters. The zero-order chi connectivity index (χ0) is 16.2. The summed E-state index contributed by atoms with van der Waals surface area (Å²) in [5, 5.41) is 13.8. The van der Waals surface area contributed by atoms with Crippen LogP contribution in [-0.2, 0) is 0 Å². The van der Waals surface area contributed by atoms with E-state index in [2.05, 4.69) is 5.32 Å². The largest absolute Gasteiger partial charge is 0.490 e. The van der Waals surface area contributed by atoms with Crippen molar-refractivity contribution in [2.75, 3.05) is 13.7 Å². The molecule has 8 heteroatoms. The van der Waals surface area contributed by atoms with Crippen LogP contribution in [0.15, 0.2) is 18.2 Å². The van der Waals surface area contributed by atoms with Crippen molar-refractivity contribution >= 4 is 24.0 Å². The first kappa shape index (κ1) is 19.2. The van der Waals surface area contributed by atoms with Gasteiger partial charge in [0.1, 0.15) is 0 Å². The van der Waals surface area contributed by atoms with Crippen molar-refractivity contribution in [3.8, 4) is 5.75 Å².